The first-order valence-electron chi connectivity index (χ1n) is 10.1. The van der Waals surface area contributed by atoms with E-state index in [1.54, 1.807) is 6.07 Å². The largest absolute Gasteiger partial charge is 0.369 e. The molecule has 0 spiro atoms. The number of benzene rings is 1. The number of hydrogen-bond acceptors (Lipinski definition) is 4. The minimum absolute atomic E-state index is 0.0927. The third-order valence-electron chi connectivity index (χ3n) is 7.25. The van der Waals surface area contributed by atoms with Crippen LogP contribution in [0.2, 0.25) is 0 Å². The maximum atomic E-state index is 12.9. The van der Waals surface area contributed by atoms with Gasteiger partial charge >= 0.3 is 0 Å². The van der Waals surface area contributed by atoms with E-state index in [-0.39, 0.29) is 23.3 Å². The molecule has 4 aliphatic carbocycles. The van der Waals surface area contributed by atoms with Crippen molar-refractivity contribution in [2.45, 2.75) is 45.1 Å². The highest BCUT2D eigenvalue weighted by Crippen LogP contribution is 2.59. The molecule has 1 heterocycles. The van der Waals surface area contributed by atoms with Crippen LogP contribution in [0, 0.1) is 30.1 Å². The van der Waals surface area contributed by atoms with Crippen molar-refractivity contribution in [3.8, 4) is 11.3 Å². The molecule has 2 atom stereocenters. The van der Waals surface area contributed by atoms with Gasteiger partial charge in [0.15, 0.2) is 11.5 Å². The Kier molecular flexibility index (Phi) is 3.86. The average molecular weight is 379 g/mol. The van der Waals surface area contributed by atoms with Crippen LogP contribution < -0.4 is 11.1 Å². The summed E-state index contributed by atoms with van der Waals surface area (Å²) in [5.74, 6) is 1.46. The molecule has 6 nitrogen and oxygen atoms in total. The molecule has 6 rings (SSSR count). The van der Waals surface area contributed by atoms with Gasteiger partial charge in [0.05, 0.1) is 0 Å². The van der Waals surface area contributed by atoms with E-state index in [2.05, 4.69) is 10.5 Å². The number of amides is 2. The summed E-state index contributed by atoms with van der Waals surface area (Å²) in [7, 11) is 0. The van der Waals surface area contributed by atoms with Gasteiger partial charge in [0, 0.05) is 23.1 Å². The lowest BCUT2D eigenvalue weighted by atomic mass is 9.47. The minimum Gasteiger partial charge on any atom is -0.369 e. The summed E-state index contributed by atoms with van der Waals surface area (Å²) in [6, 6.07) is 9.66. The smallest absolute Gasteiger partial charge is 0.273 e. The monoisotopic (exact) mass is 379 g/mol. The van der Waals surface area contributed by atoms with E-state index in [4.69, 9.17) is 10.3 Å². The molecule has 4 saturated carbocycles. The van der Waals surface area contributed by atoms with Gasteiger partial charge in [0.1, 0.15) is 0 Å². The molecule has 1 aromatic carbocycles. The van der Waals surface area contributed by atoms with Gasteiger partial charge in [0.25, 0.3) is 5.91 Å². The van der Waals surface area contributed by atoms with Crippen molar-refractivity contribution in [2.24, 2.45) is 28.9 Å². The zero-order valence-electron chi connectivity index (χ0n) is 16.0. The van der Waals surface area contributed by atoms with E-state index in [1.807, 2.05) is 31.2 Å². The molecule has 0 saturated heterocycles. The van der Waals surface area contributed by atoms with E-state index in [1.165, 1.54) is 0 Å². The molecule has 4 aliphatic rings. The summed E-state index contributed by atoms with van der Waals surface area (Å²) in [6.07, 6.45) is 4.67. The predicted molar refractivity (Wildman–Crippen MR) is 103 cm³/mol. The van der Waals surface area contributed by atoms with Crippen LogP contribution in [-0.2, 0) is 4.79 Å². The van der Waals surface area contributed by atoms with Crippen LogP contribution in [0.15, 0.2) is 34.9 Å². The van der Waals surface area contributed by atoms with Crippen LogP contribution >= 0.6 is 0 Å². The summed E-state index contributed by atoms with van der Waals surface area (Å²) < 4.78 is 5.44. The Hall–Kier alpha value is -2.63. The second-order valence-electron chi connectivity index (χ2n) is 9.01. The van der Waals surface area contributed by atoms with Crippen molar-refractivity contribution in [1.82, 2.24) is 10.5 Å². The number of carbonyl (C=O) groups excluding carboxylic acids is 2. The van der Waals surface area contributed by atoms with Gasteiger partial charge in [-0.05, 0) is 62.3 Å². The standard InChI is InChI=1S/C22H25N3O3/c1-12-4-2-3-5-16(12)18-8-17(25-28-18)20(26)24-19-14-6-13-7-15(19)11-22(9-13,10-14)21(23)27/h2-5,8,13-15,19H,6-7,9-11H2,1H3,(H2,23,27)(H,24,26). The number of aromatic nitrogens is 1. The second-order valence-corrected chi connectivity index (χ2v) is 9.01. The molecule has 6 heteroatoms. The van der Waals surface area contributed by atoms with Crippen molar-refractivity contribution >= 4 is 11.8 Å². The minimum atomic E-state index is -0.344. The van der Waals surface area contributed by atoms with Gasteiger partial charge in [-0.3, -0.25) is 9.59 Å². The quantitative estimate of drug-likeness (QED) is 0.853. The van der Waals surface area contributed by atoms with E-state index in [9.17, 15) is 9.59 Å². The lowest BCUT2D eigenvalue weighted by Gasteiger charge is -2.58. The van der Waals surface area contributed by atoms with Crippen molar-refractivity contribution in [2.75, 3.05) is 0 Å². The van der Waals surface area contributed by atoms with Crippen molar-refractivity contribution in [3.63, 3.8) is 0 Å². The van der Waals surface area contributed by atoms with Crippen LogP contribution in [0.5, 0.6) is 0 Å². The number of nitrogens with two attached hydrogens (primary N) is 1. The molecule has 3 N–H and O–H groups in total. The van der Waals surface area contributed by atoms with Crippen molar-refractivity contribution in [3.05, 3.63) is 41.6 Å². The molecule has 0 aliphatic heterocycles. The number of aryl methyl sites for hydroxylation is 1. The summed E-state index contributed by atoms with van der Waals surface area (Å²) in [6.45, 7) is 2.00. The first-order valence-corrected chi connectivity index (χ1v) is 10.1. The summed E-state index contributed by atoms with van der Waals surface area (Å²) in [5, 5.41) is 7.20. The van der Waals surface area contributed by atoms with Gasteiger partial charge in [0.2, 0.25) is 5.91 Å². The number of primary amides is 1. The number of nitrogens with one attached hydrogen (secondary N) is 1. The third kappa shape index (κ3) is 2.65. The Labute approximate surface area is 163 Å². The number of nitrogens with zero attached hydrogens (tertiary/aromatic N) is 1. The fraction of sp³-hybridized carbons (Fsp3) is 0.500. The highest BCUT2D eigenvalue weighted by Gasteiger charge is 2.58. The van der Waals surface area contributed by atoms with Crippen molar-refractivity contribution in [1.29, 1.82) is 0 Å². The topological polar surface area (TPSA) is 98.2 Å². The molecule has 28 heavy (non-hydrogen) atoms. The van der Waals surface area contributed by atoms with Crippen LogP contribution in [0.4, 0.5) is 0 Å². The van der Waals surface area contributed by atoms with E-state index < -0.39 is 0 Å². The maximum Gasteiger partial charge on any atom is 0.273 e. The first kappa shape index (κ1) is 17.5. The molecule has 1 aromatic heterocycles. The molecular weight excluding hydrogens is 354 g/mol. The van der Waals surface area contributed by atoms with E-state index >= 15 is 0 Å². The van der Waals surface area contributed by atoms with Crippen LogP contribution in [0.3, 0.4) is 0 Å². The van der Waals surface area contributed by atoms with Crippen LogP contribution in [-0.4, -0.2) is 23.0 Å². The Morgan fingerprint density at radius 2 is 1.89 bits per heavy atom. The molecule has 2 amide bonds. The third-order valence-corrected chi connectivity index (χ3v) is 7.25. The normalized spacial score (nSPS) is 33.0. The lowest BCUT2D eigenvalue weighted by Crippen LogP contribution is -2.62. The van der Waals surface area contributed by atoms with Gasteiger partial charge in [-0.2, -0.15) is 0 Å². The predicted octanol–water partition coefficient (Wildman–Crippen LogP) is 3.06. The van der Waals surface area contributed by atoms with Gasteiger partial charge in [-0.1, -0.05) is 29.4 Å². The number of hydrogen-bond donors (Lipinski definition) is 2. The first-order chi connectivity index (χ1) is 13.4. The van der Waals surface area contributed by atoms with E-state index in [0.717, 1.165) is 43.2 Å². The van der Waals surface area contributed by atoms with Crippen molar-refractivity contribution < 1.29 is 14.1 Å². The van der Waals surface area contributed by atoms with Gasteiger partial charge in [-0.25, -0.2) is 0 Å². The zero-order chi connectivity index (χ0) is 19.5. The average Bonchev–Trinajstić information content (AvgIpc) is 3.14. The lowest BCUT2D eigenvalue weighted by molar-refractivity contribution is -0.145. The van der Waals surface area contributed by atoms with Crippen LogP contribution in [0.1, 0.15) is 48.2 Å². The molecule has 2 unspecified atom stereocenters. The molecule has 4 bridgehead atoms. The Morgan fingerprint density at radius 1 is 1.18 bits per heavy atom. The highest BCUT2D eigenvalue weighted by molar-refractivity contribution is 5.93. The number of rotatable bonds is 4. The molecular formula is C22H25N3O3. The second kappa shape index (κ2) is 6.19. The van der Waals surface area contributed by atoms with Crippen LogP contribution in [0.25, 0.3) is 11.3 Å². The maximum absolute atomic E-state index is 12.9. The molecule has 146 valence electrons. The Bertz CT molecular complexity index is 934. The highest BCUT2D eigenvalue weighted by atomic mass is 16.5. The van der Waals surface area contributed by atoms with Gasteiger partial charge in [-0.15, -0.1) is 0 Å². The molecule has 4 fully saturated rings. The van der Waals surface area contributed by atoms with E-state index in [0.29, 0.717) is 29.2 Å². The Morgan fingerprint density at radius 3 is 2.57 bits per heavy atom. The summed E-state index contributed by atoms with van der Waals surface area (Å²) >= 11 is 0. The summed E-state index contributed by atoms with van der Waals surface area (Å²) in [4.78, 5) is 24.9. The fourth-order valence-corrected chi connectivity index (χ4v) is 6.15. The zero-order valence-corrected chi connectivity index (χ0v) is 16.0. The fourth-order valence-electron chi connectivity index (χ4n) is 6.15. The SMILES string of the molecule is Cc1ccccc1-c1cc(C(=O)NC2C3CC4CC2CC(C(N)=O)(C4)C3)no1. The van der Waals surface area contributed by atoms with Gasteiger partial charge < -0.3 is 15.6 Å². The summed E-state index contributed by atoms with van der Waals surface area (Å²) in [5.41, 5.74) is 7.72. The number of carbonyl (C=O) groups is 2. The molecule has 0 radical (unpaired) electrons. The Balaban J connectivity index is 1.33. The molecule has 2 aromatic rings.